The van der Waals surface area contributed by atoms with Crippen LogP contribution in [0.2, 0.25) is 0 Å². The minimum atomic E-state index is -0.417. The molecule has 0 amide bonds. The van der Waals surface area contributed by atoms with E-state index in [2.05, 4.69) is 34.6 Å². The van der Waals surface area contributed by atoms with Gasteiger partial charge in [0.05, 0.1) is 11.0 Å². The average Bonchev–Trinajstić information content (AvgIpc) is 2.49. The Balaban J connectivity index is 1.86. The Bertz CT molecular complexity index is 685. The number of fused-ring (bicyclic) bond motifs is 1. The maximum absolute atomic E-state index is 10.8. The zero-order valence-corrected chi connectivity index (χ0v) is 11.9. The normalized spacial score (nSPS) is 17.1. The molecule has 5 nitrogen and oxygen atoms in total. The Morgan fingerprint density at radius 3 is 2.95 bits per heavy atom. The maximum atomic E-state index is 10.8. The van der Waals surface area contributed by atoms with Crippen molar-refractivity contribution in [3.8, 4) is 0 Å². The van der Waals surface area contributed by atoms with Gasteiger partial charge in [0.25, 0.3) is 5.69 Å². The van der Waals surface area contributed by atoms with Crippen LogP contribution in [0.25, 0.3) is 0 Å². The van der Waals surface area contributed by atoms with Crippen LogP contribution in [-0.2, 0) is 6.42 Å². The molecule has 5 heteroatoms. The minimum Gasteiger partial charge on any atom is -0.363 e. The molecule has 0 aliphatic heterocycles. The van der Waals surface area contributed by atoms with Gasteiger partial charge in [-0.2, -0.15) is 0 Å². The Kier molecular flexibility index (Phi) is 3.56. The number of rotatable bonds is 3. The summed E-state index contributed by atoms with van der Waals surface area (Å²) in [6, 6.07) is 10.2. The summed E-state index contributed by atoms with van der Waals surface area (Å²) in [6.07, 6.45) is 4.61. The fourth-order valence-corrected chi connectivity index (χ4v) is 2.88. The van der Waals surface area contributed by atoms with Gasteiger partial charge in [0.1, 0.15) is 12.0 Å². The van der Waals surface area contributed by atoms with Crippen LogP contribution in [0.3, 0.4) is 0 Å². The molecule has 1 unspecified atom stereocenters. The van der Waals surface area contributed by atoms with E-state index in [0.717, 1.165) is 30.6 Å². The predicted octanol–water partition coefficient (Wildman–Crippen LogP) is 3.79. The third-order valence-corrected chi connectivity index (χ3v) is 3.96. The molecule has 0 bridgehead atoms. The number of hydrogen-bond acceptors (Lipinski definition) is 4. The van der Waals surface area contributed by atoms with Gasteiger partial charge < -0.3 is 5.32 Å². The number of anilines is 1. The molecule has 1 heterocycles. The summed E-state index contributed by atoms with van der Waals surface area (Å²) < 4.78 is 0. The highest BCUT2D eigenvalue weighted by Crippen LogP contribution is 2.32. The highest BCUT2D eigenvalue weighted by molar-refractivity contribution is 5.50. The summed E-state index contributed by atoms with van der Waals surface area (Å²) in [7, 11) is 0. The molecule has 1 atom stereocenters. The van der Waals surface area contributed by atoms with Crippen molar-refractivity contribution >= 4 is 11.5 Å². The highest BCUT2D eigenvalue weighted by atomic mass is 16.6. The van der Waals surface area contributed by atoms with Gasteiger partial charge in [0.2, 0.25) is 0 Å². The van der Waals surface area contributed by atoms with Crippen molar-refractivity contribution in [2.45, 2.75) is 32.2 Å². The Morgan fingerprint density at radius 1 is 1.38 bits per heavy atom. The predicted molar refractivity (Wildman–Crippen MR) is 81.4 cm³/mol. The number of hydrogen-bond donors (Lipinski definition) is 1. The molecule has 1 aromatic heterocycles. The van der Waals surface area contributed by atoms with Crippen LogP contribution in [-0.4, -0.2) is 9.91 Å². The molecule has 1 aliphatic rings. The van der Waals surface area contributed by atoms with Gasteiger partial charge in [0, 0.05) is 6.07 Å². The zero-order chi connectivity index (χ0) is 14.8. The quantitative estimate of drug-likeness (QED) is 0.687. The van der Waals surface area contributed by atoms with Crippen molar-refractivity contribution < 1.29 is 4.92 Å². The molecule has 3 rings (SSSR count). The zero-order valence-electron chi connectivity index (χ0n) is 11.9. The number of nitro groups is 1. The fourth-order valence-electron chi connectivity index (χ4n) is 2.88. The Labute approximate surface area is 123 Å². The molecular formula is C16H17N3O2. The molecule has 0 spiro atoms. The van der Waals surface area contributed by atoms with Crippen LogP contribution in [0.4, 0.5) is 11.5 Å². The number of aromatic nitrogens is 1. The number of nitrogens with zero attached hydrogens (tertiary/aromatic N) is 2. The summed E-state index contributed by atoms with van der Waals surface area (Å²) in [5.74, 6) is 0.724. The van der Waals surface area contributed by atoms with Crippen molar-refractivity contribution in [1.82, 2.24) is 4.98 Å². The number of pyridine rings is 1. The molecule has 2 aromatic rings. The molecule has 0 fully saturated rings. The Hall–Kier alpha value is -2.43. The summed E-state index contributed by atoms with van der Waals surface area (Å²) in [6.45, 7) is 1.84. The van der Waals surface area contributed by atoms with Crippen LogP contribution < -0.4 is 5.32 Å². The van der Waals surface area contributed by atoms with Gasteiger partial charge in [-0.25, -0.2) is 4.98 Å². The second kappa shape index (κ2) is 5.52. The average molecular weight is 283 g/mol. The highest BCUT2D eigenvalue weighted by Gasteiger charge is 2.21. The van der Waals surface area contributed by atoms with E-state index in [0.29, 0.717) is 0 Å². The second-order valence-electron chi connectivity index (χ2n) is 5.40. The van der Waals surface area contributed by atoms with Crippen LogP contribution in [0.15, 0.2) is 36.5 Å². The molecule has 0 saturated heterocycles. The van der Waals surface area contributed by atoms with E-state index in [9.17, 15) is 10.1 Å². The summed E-state index contributed by atoms with van der Waals surface area (Å²) in [5.41, 5.74) is 3.51. The maximum Gasteiger partial charge on any atom is 0.287 e. The fraction of sp³-hybridized carbons (Fsp3) is 0.312. The lowest BCUT2D eigenvalue weighted by Crippen LogP contribution is -2.18. The summed E-state index contributed by atoms with van der Waals surface area (Å²) >= 11 is 0. The minimum absolute atomic E-state index is 0.0297. The SMILES string of the molecule is Cc1cc([N+](=O)[O-])cnc1NC1CCCc2ccccc21. The van der Waals surface area contributed by atoms with E-state index in [-0.39, 0.29) is 11.7 Å². The largest absolute Gasteiger partial charge is 0.363 e. The molecule has 1 aromatic carbocycles. The van der Waals surface area contributed by atoms with E-state index in [1.54, 1.807) is 6.07 Å². The van der Waals surface area contributed by atoms with Gasteiger partial charge >= 0.3 is 0 Å². The van der Waals surface area contributed by atoms with E-state index < -0.39 is 4.92 Å². The van der Waals surface area contributed by atoms with Crippen LogP contribution >= 0.6 is 0 Å². The first-order valence-electron chi connectivity index (χ1n) is 7.10. The molecule has 0 radical (unpaired) electrons. The summed E-state index contributed by atoms with van der Waals surface area (Å²) in [5, 5.41) is 14.2. The molecule has 21 heavy (non-hydrogen) atoms. The van der Waals surface area contributed by atoms with Crippen molar-refractivity contribution in [2.24, 2.45) is 0 Å². The second-order valence-corrected chi connectivity index (χ2v) is 5.40. The van der Waals surface area contributed by atoms with Gasteiger partial charge in [-0.3, -0.25) is 10.1 Å². The standard InChI is InChI=1S/C16H17N3O2/c1-11-9-13(19(20)21)10-17-16(11)18-15-8-4-6-12-5-2-3-7-14(12)15/h2-3,5,7,9-10,15H,4,6,8H2,1H3,(H,17,18). The molecule has 1 aliphatic carbocycles. The number of nitrogens with one attached hydrogen (secondary N) is 1. The topological polar surface area (TPSA) is 68.1 Å². The Morgan fingerprint density at radius 2 is 2.19 bits per heavy atom. The van der Waals surface area contributed by atoms with Gasteiger partial charge in [-0.1, -0.05) is 24.3 Å². The lowest BCUT2D eigenvalue weighted by atomic mass is 9.87. The van der Waals surface area contributed by atoms with Crippen molar-refractivity contribution in [2.75, 3.05) is 5.32 Å². The third-order valence-electron chi connectivity index (χ3n) is 3.96. The van der Waals surface area contributed by atoms with E-state index in [4.69, 9.17) is 0 Å². The third kappa shape index (κ3) is 2.72. The lowest BCUT2D eigenvalue weighted by molar-refractivity contribution is -0.385. The van der Waals surface area contributed by atoms with Gasteiger partial charge in [-0.05, 0) is 42.9 Å². The van der Waals surface area contributed by atoms with Crippen molar-refractivity contribution in [3.05, 3.63) is 63.3 Å². The smallest absolute Gasteiger partial charge is 0.287 e. The number of aryl methyl sites for hydroxylation is 2. The molecule has 1 N–H and O–H groups in total. The van der Waals surface area contributed by atoms with Gasteiger partial charge in [-0.15, -0.1) is 0 Å². The van der Waals surface area contributed by atoms with Crippen LogP contribution in [0.5, 0.6) is 0 Å². The van der Waals surface area contributed by atoms with E-state index in [1.807, 2.05) is 6.92 Å². The number of benzene rings is 1. The van der Waals surface area contributed by atoms with Gasteiger partial charge in [0.15, 0.2) is 0 Å². The molecule has 108 valence electrons. The molecule has 0 saturated carbocycles. The first-order valence-corrected chi connectivity index (χ1v) is 7.10. The lowest BCUT2D eigenvalue weighted by Gasteiger charge is -2.27. The van der Waals surface area contributed by atoms with Crippen molar-refractivity contribution in [1.29, 1.82) is 0 Å². The first-order chi connectivity index (χ1) is 10.1. The monoisotopic (exact) mass is 283 g/mol. The van der Waals surface area contributed by atoms with Crippen LogP contribution in [0.1, 0.15) is 35.6 Å². The molecular weight excluding hydrogens is 266 g/mol. The van der Waals surface area contributed by atoms with E-state index in [1.165, 1.54) is 17.3 Å². The van der Waals surface area contributed by atoms with E-state index >= 15 is 0 Å². The first kappa shape index (κ1) is 13.5. The van der Waals surface area contributed by atoms with Crippen LogP contribution in [0, 0.1) is 17.0 Å². The summed E-state index contributed by atoms with van der Waals surface area (Å²) in [4.78, 5) is 14.6. The van der Waals surface area contributed by atoms with Crippen molar-refractivity contribution in [3.63, 3.8) is 0 Å².